The van der Waals surface area contributed by atoms with E-state index in [4.69, 9.17) is 21.4 Å². The number of nitrogens with zero attached hydrogens (tertiary/aromatic N) is 3. The number of halogens is 2. The second-order valence-corrected chi connectivity index (χ2v) is 7.48. The third-order valence-electron chi connectivity index (χ3n) is 5.26. The summed E-state index contributed by atoms with van der Waals surface area (Å²) in [7, 11) is 0. The highest BCUT2D eigenvalue weighted by atomic mass is 35.5. The van der Waals surface area contributed by atoms with Crippen LogP contribution in [0.15, 0.2) is 54.7 Å². The molecule has 28 heavy (non-hydrogen) atoms. The molecule has 0 radical (unpaired) electrons. The molecule has 0 N–H and O–H groups in total. The second kappa shape index (κ2) is 6.99. The molecule has 142 valence electrons. The lowest BCUT2D eigenvalue weighted by Crippen LogP contribution is -2.07. The van der Waals surface area contributed by atoms with Gasteiger partial charge in [-0.2, -0.15) is 0 Å². The average molecular weight is 396 g/mol. The van der Waals surface area contributed by atoms with Gasteiger partial charge in [0, 0.05) is 28.9 Å². The Labute approximate surface area is 167 Å². The van der Waals surface area contributed by atoms with Gasteiger partial charge in [0.2, 0.25) is 0 Å². The molecule has 1 aliphatic rings. The molecule has 5 rings (SSSR count). The van der Waals surface area contributed by atoms with Gasteiger partial charge in [-0.25, -0.2) is 8.91 Å². The lowest BCUT2D eigenvalue weighted by molar-refractivity contribution is 0.274. The predicted molar refractivity (Wildman–Crippen MR) is 107 cm³/mol. The van der Waals surface area contributed by atoms with E-state index in [-0.39, 0.29) is 18.2 Å². The largest absolute Gasteiger partial charge is 0.483 e. The van der Waals surface area contributed by atoms with Crippen molar-refractivity contribution in [2.45, 2.75) is 32.4 Å². The van der Waals surface area contributed by atoms with Crippen molar-refractivity contribution in [3.63, 3.8) is 0 Å². The Hall–Kier alpha value is -2.79. The van der Waals surface area contributed by atoms with Crippen molar-refractivity contribution in [1.29, 1.82) is 0 Å². The lowest BCUT2D eigenvalue weighted by atomic mass is 10.0. The fourth-order valence-electron chi connectivity index (χ4n) is 3.93. The minimum Gasteiger partial charge on any atom is -0.483 e. The van der Waals surface area contributed by atoms with E-state index >= 15 is 0 Å². The first kappa shape index (κ1) is 17.3. The maximum absolute atomic E-state index is 13.9. The van der Waals surface area contributed by atoms with E-state index in [2.05, 4.69) is 10.8 Å². The normalized spacial score (nSPS) is 13.6. The van der Waals surface area contributed by atoms with Crippen LogP contribution in [0.2, 0.25) is 5.02 Å². The van der Waals surface area contributed by atoms with Gasteiger partial charge in [-0.15, -0.1) is 5.10 Å². The maximum atomic E-state index is 13.9. The van der Waals surface area contributed by atoms with Crippen molar-refractivity contribution >= 4 is 17.2 Å². The molecule has 2 aromatic heterocycles. The topological polar surface area (TPSA) is 31.5 Å². The van der Waals surface area contributed by atoms with Crippen LogP contribution in [0.25, 0.3) is 16.8 Å². The van der Waals surface area contributed by atoms with Gasteiger partial charge in [0.05, 0.1) is 0 Å². The SMILES string of the molecule is Fc1ccccc1OCc1nn2cc(-c3ccc(Cl)cc3)c3c2n1CCCC3. The number of para-hydroxylation sites is 1. The average Bonchev–Trinajstić information content (AvgIpc) is 3.11. The minimum absolute atomic E-state index is 0.234. The van der Waals surface area contributed by atoms with Crippen LogP contribution in [0.1, 0.15) is 24.2 Å². The molecule has 2 aromatic carbocycles. The van der Waals surface area contributed by atoms with Gasteiger partial charge >= 0.3 is 0 Å². The molecule has 4 aromatic rings. The van der Waals surface area contributed by atoms with Gasteiger partial charge in [-0.1, -0.05) is 35.9 Å². The molecular formula is C22H19ClFN3O. The van der Waals surface area contributed by atoms with E-state index < -0.39 is 0 Å². The zero-order chi connectivity index (χ0) is 19.1. The van der Waals surface area contributed by atoms with Crippen LogP contribution in [-0.4, -0.2) is 14.2 Å². The third kappa shape index (κ3) is 2.96. The zero-order valence-electron chi connectivity index (χ0n) is 15.2. The monoisotopic (exact) mass is 395 g/mol. The first-order chi connectivity index (χ1) is 13.7. The highest BCUT2D eigenvalue weighted by Gasteiger charge is 2.22. The van der Waals surface area contributed by atoms with Crippen molar-refractivity contribution in [1.82, 2.24) is 14.2 Å². The van der Waals surface area contributed by atoms with Gasteiger partial charge in [-0.3, -0.25) is 0 Å². The lowest BCUT2D eigenvalue weighted by Gasteiger charge is -2.09. The van der Waals surface area contributed by atoms with Gasteiger partial charge < -0.3 is 9.30 Å². The van der Waals surface area contributed by atoms with Gasteiger partial charge in [0.1, 0.15) is 12.3 Å². The summed E-state index contributed by atoms with van der Waals surface area (Å²) in [5.74, 6) is 0.699. The van der Waals surface area contributed by atoms with Crippen LogP contribution >= 0.6 is 11.6 Å². The number of aromatic nitrogens is 3. The summed E-state index contributed by atoms with van der Waals surface area (Å²) in [5, 5.41) is 5.47. The number of aryl methyl sites for hydroxylation is 2. The molecule has 1 aliphatic heterocycles. The minimum atomic E-state index is -0.359. The van der Waals surface area contributed by atoms with Crippen LogP contribution in [0.5, 0.6) is 5.75 Å². The van der Waals surface area contributed by atoms with Crippen LogP contribution in [0, 0.1) is 5.82 Å². The maximum Gasteiger partial charge on any atom is 0.169 e. The highest BCUT2D eigenvalue weighted by Crippen LogP contribution is 2.33. The van der Waals surface area contributed by atoms with Crippen LogP contribution in [0.3, 0.4) is 0 Å². The molecule has 3 heterocycles. The van der Waals surface area contributed by atoms with Crippen LogP contribution in [-0.2, 0) is 19.6 Å². The molecule has 0 aliphatic carbocycles. The predicted octanol–water partition coefficient (Wildman–Crippen LogP) is 5.51. The quantitative estimate of drug-likeness (QED) is 0.456. The number of rotatable bonds is 4. The van der Waals surface area contributed by atoms with E-state index in [0.717, 1.165) is 47.9 Å². The molecule has 0 saturated carbocycles. The smallest absolute Gasteiger partial charge is 0.169 e. The summed E-state index contributed by atoms with van der Waals surface area (Å²) in [6, 6.07) is 14.4. The Morgan fingerprint density at radius 2 is 1.89 bits per heavy atom. The second-order valence-electron chi connectivity index (χ2n) is 7.04. The third-order valence-corrected chi connectivity index (χ3v) is 5.51. The van der Waals surface area contributed by atoms with E-state index in [0.29, 0.717) is 0 Å². The Balaban J connectivity index is 1.54. The number of hydrogen-bond donors (Lipinski definition) is 0. The van der Waals surface area contributed by atoms with Crippen LogP contribution < -0.4 is 4.74 Å². The first-order valence-electron chi connectivity index (χ1n) is 9.43. The van der Waals surface area contributed by atoms with E-state index in [1.807, 2.05) is 28.8 Å². The summed E-state index contributed by atoms with van der Waals surface area (Å²) >= 11 is 6.05. The fourth-order valence-corrected chi connectivity index (χ4v) is 4.05. The molecule has 0 spiro atoms. The number of hydrogen-bond acceptors (Lipinski definition) is 2. The highest BCUT2D eigenvalue weighted by molar-refractivity contribution is 6.30. The van der Waals surface area contributed by atoms with E-state index in [1.165, 1.54) is 17.2 Å². The van der Waals surface area contributed by atoms with Crippen molar-refractivity contribution in [2.75, 3.05) is 0 Å². The summed E-state index contributed by atoms with van der Waals surface area (Å²) in [6.45, 7) is 1.12. The molecular weight excluding hydrogens is 377 g/mol. The van der Waals surface area contributed by atoms with Gasteiger partial charge in [0.25, 0.3) is 0 Å². The van der Waals surface area contributed by atoms with E-state index in [1.54, 1.807) is 18.2 Å². The first-order valence-corrected chi connectivity index (χ1v) is 9.81. The summed E-state index contributed by atoms with van der Waals surface area (Å²) in [4.78, 5) is 0. The summed E-state index contributed by atoms with van der Waals surface area (Å²) in [5.41, 5.74) is 4.73. The number of benzene rings is 2. The molecule has 0 bridgehead atoms. The van der Waals surface area contributed by atoms with Crippen molar-refractivity contribution in [2.24, 2.45) is 0 Å². The molecule has 0 fully saturated rings. The van der Waals surface area contributed by atoms with Crippen molar-refractivity contribution in [3.8, 4) is 16.9 Å². The van der Waals surface area contributed by atoms with Crippen LogP contribution in [0.4, 0.5) is 4.39 Å². The standard InChI is InChI=1S/C22H19ClFN3O/c23-16-10-8-15(9-11-16)18-13-27-22-17(18)5-3-4-12-26(22)21(25-27)14-28-20-7-2-1-6-19(20)24/h1-2,6-11,13H,3-5,12,14H2. The van der Waals surface area contributed by atoms with Gasteiger partial charge in [0.15, 0.2) is 17.4 Å². The Bertz CT molecular complexity index is 1150. The Morgan fingerprint density at radius 1 is 1.07 bits per heavy atom. The molecule has 6 heteroatoms. The fraction of sp³-hybridized carbons (Fsp3) is 0.227. The van der Waals surface area contributed by atoms with Gasteiger partial charge in [-0.05, 0) is 49.1 Å². The molecule has 0 amide bonds. The summed E-state index contributed by atoms with van der Waals surface area (Å²) < 4.78 is 23.7. The Morgan fingerprint density at radius 3 is 2.71 bits per heavy atom. The van der Waals surface area contributed by atoms with Crippen molar-refractivity contribution < 1.29 is 9.13 Å². The molecule has 0 unspecified atom stereocenters. The zero-order valence-corrected chi connectivity index (χ0v) is 16.0. The van der Waals surface area contributed by atoms with E-state index in [9.17, 15) is 4.39 Å². The number of ether oxygens (including phenoxy) is 1. The molecule has 4 nitrogen and oxygen atoms in total. The summed E-state index contributed by atoms with van der Waals surface area (Å²) in [6.07, 6.45) is 5.28. The molecule has 0 atom stereocenters. The Kier molecular flexibility index (Phi) is 4.32. The molecule has 0 saturated heterocycles. The van der Waals surface area contributed by atoms with Crippen molar-refractivity contribution in [3.05, 3.63) is 77.0 Å².